The molecule has 0 radical (unpaired) electrons. The van der Waals surface area contributed by atoms with E-state index in [1.807, 2.05) is 6.07 Å². The van der Waals surface area contributed by atoms with Gasteiger partial charge in [-0.25, -0.2) is 4.68 Å². The largest absolute Gasteiger partial charge is 0.357 e. The van der Waals surface area contributed by atoms with Gasteiger partial charge in [0.15, 0.2) is 0 Å². The summed E-state index contributed by atoms with van der Waals surface area (Å²) in [5, 5.41) is 10.3. The van der Waals surface area contributed by atoms with Crippen LogP contribution in [-0.4, -0.2) is 37.8 Å². The van der Waals surface area contributed by atoms with Crippen LogP contribution in [0.3, 0.4) is 0 Å². The maximum absolute atomic E-state index is 4.33. The molecule has 2 aromatic rings. The molecule has 1 aliphatic carbocycles. The number of nitrogens with zero attached hydrogens (tertiary/aromatic N) is 5. The summed E-state index contributed by atoms with van der Waals surface area (Å²) in [4.78, 5) is 12.8. The summed E-state index contributed by atoms with van der Waals surface area (Å²) in [5.74, 6) is 1.64. The van der Waals surface area contributed by atoms with Crippen molar-refractivity contribution < 1.29 is 0 Å². The van der Waals surface area contributed by atoms with Gasteiger partial charge in [-0.3, -0.25) is 0 Å². The van der Waals surface area contributed by atoms with Crippen LogP contribution in [-0.2, 0) is 0 Å². The molecule has 2 heterocycles. The highest BCUT2D eigenvalue weighted by molar-refractivity contribution is 5.38. The lowest BCUT2D eigenvalue weighted by Crippen LogP contribution is -2.12. The number of hydrogen-bond donors (Lipinski definition) is 2. The number of rotatable bonds is 4. The fourth-order valence-corrected chi connectivity index (χ4v) is 1.44. The summed E-state index contributed by atoms with van der Waals surface area (Å²) in [5.41, 5.74) is 0. The minimum absolute atomic E-state index is 0.507. The Hall–Kier alpha value is -2.18. The highest BCUT2D eigenvalue weighted by atomic mass is 15.4. The molecule has 0 saturated heterocycles. The SMILES string of the molecule is CNc1nc(NC2CC2)nc(-n2cccn2)n1. The van der Waals surface area contributed by atoms with Gasteiger partial charge in [-0.15, -0.1) is 0 Å². The van der Waals surface area contributed by atoms with E-state index in [4.69, 9.17) is 0 Å². The summed E-state index contributed by atoms with van der Waals surface area (Å²) < 4.78 is 1.61. The predicted octanol–water partition coefficient (Wildman–Crippen LogP) is 0.673. The van der Waals surface area contributed by atoms with Gasteiger partial charge in [0, 0.05) is 25.5 Å². The second kappa shape index (κ2) is 4.00. The van der Waals surface area contributed by atoms with Gasteiger partial charge in [0.2, 0.25) is 11.9 Å². The van der Waals surface area contributed by atoms with Crippen LogP contribution in [0.4, 0.5) is 11.9 Å². The number of anilines is 2. The van der Waals surface area contributed by atoms with Gasteiger partial charge in [-0.05, 0) is 18.9 Å². The highest BCUT2D eigenvalue weighted by Crippen LogP contribution is 2.23. The molecule has 88 valence electrons. The van der Waals surface area contributed by atoms with Gasteiger partial charge in [-0.1, -0.05) is 0 Å². The van der Waals surface area contributed by atoms with Crippen molar-refractivity contribution >= 4 is 11.9 Å². The molecule has 0 aliphatic heterocycles. The zero-order valence-electron chi connectivity index (χ0n) is 9.46. The molecule has 17 heavy (non-hydrogen) atoms. The molecular formula is C10H13N7. The van der Waals surface area contributed by atoms with Crippen molar-refractivity contribution in [3.8, 4) is 5.95 Å². The van der Waals surface area contributed by atoms with Crippen LogP contribution >= 0.6 is 0 Å². The molecule has 1 aliphatic rings. The summed E-state index contributed by atoms with van der Waals surface area (Å²) in [6.07, 6.45) is 5.85. The van der Waals surface area contributed by atoms with Crippen molar-refractivity contribution in [2.24, 2.45) is 0 Å². The summed E-state index contributed by atoms with van der Waals surface area (Å²) >= 11 is 0. The minimum Gasteiger partial charge on any atom is -0.357 e. The minimum atomic E-state index is 0.507. The summed E-state index contributed by atoms with van der Waals surface area (Å²) in [6, 6.07) is 2.34. The molecule has 7 heteroatoms. The first-order valence-corrected chi connectivity index (χ1v) is 5.55. The van der Waals surface area contributed by atoms with Crippen molar-refractivity contribution in [1.82, 2.24) is 24.7 Å². The Morgan fingerprint density at radius 1 is 1.24 bits per heavy atom. The Morgan fingerprint density at radius 2 is 2.06 bits per heavy atom. The highest BCUT2D eigenvalue weighted by Gasteiger charge is 2.22. The molecule has 2 N–H and O–H groups in total. The second-order valence-electron chi connectivity index (χ2n) is 3.90. The van der Waals surface area contributed by atoms with Gasteiger partial charge in [-0.2, -0.15) is 20.1 Å². The second-order valence-corrected chi connectivity index (χ2v) is 3.90. The fourth-order valence-electron chi connectivity index (χ4n) is 1.44. The summed E-state index contributed by atoms with van der Waals surface area (Å²) in [7, 11) is 1.78. The van der Waals surface area contributed by atoms with E-state index in [0.717, 1.165) is 0 Å². The number of hydrogen-bond acceptors (Lipinski definition) is 6. The molecule has 1 saturated carbocycles. The van der Waals surface area contributed by atoms with Crippen molar-refractivity contribution in [1.29, 1.82) is 0 Å². The van der Waals surface area contributed by atoms with Gasteiger partial charge < -0.3 is 10.6 Å². The summed E-state index contributed by atoms with van der Waals surface area (Å²) in [6.45, 7) is 0. The van der Waals surface area contributed by atoms with E-state index < -0.39 is 0 Å². The maximum Gasteiger partial charge on any atom is 0.257 e. The fraction of sp³-hybridized carbons (Fsp3) is 0.400. The Kier molecular flexibility index (Phi) is 2.36. The van der Waals surface area contributed by atoms with E-state index in [0.29, 0.717) is 23.9 Å². The third-order valence-electron chi connectivity index (χ3n) is 2.47. The average Bonchev–Trinajstić information content (AvgIpc) is 2.99. The molecule has 7 nitrogen and oxygen atoms in total. The van der Waals surface area contributed by atoms with Crippen LogP contribution in [0.5, 0.6) is 0 Å². The normalized spacial score (nSPS) is 14.6. The number of nitrogens with one attached hydrogen (secondary N) is 2. The Balaban J connectivity index is 1.96. The first-order chi connectivity index (χ1) is 8.35. The third-order valence-corrected chi connectivity index (χ3v) is 2.47. The monoisotopic (exact) mass is 231 g/mol. The van der Waals surface area contributed by atoms with Crippen LogP contribution in [0, 0.1) is 0 Å². The van der Waals surface area contributed by atoms with Crippen LogP contribution in [0.2, 0.25) is 0 Å². The quantitative estimate of drug-likeness (QED) is 0.805. The first kappa shape index (κ1) is 10.0. The standard InChI is InChI=1S/C10H13N7/c1-11-8-14-9(13-7-3-4-7)16-10(15-8)17-6-2-5-12-17/h2,5-7H,3-4H2,1H3,(H2,11,13,14,15,16). The smallest absolute Gasteiger partial charge is 0.257 e. The lowest BCUT2D eigenvalue weighted by Gasteiger charge is -2.07. The van der Waals surface area contributed by atoms with Gasteiger partial charge in [0.25, 0.3) is 5.95 Å². The molecule has 0 amide bonds. The molecule has 0 atom stereocenters. The van der Waals surface area contributed by atoms with Crippen molar-refractivity contribution in [2.45, 2.75) is 18.9 Å². The lowest BCUT2D eigenvalue weighted by molar-refractivity contribution is 0.796. The molecule has 0 bridgehead atoms. The maximum atomic E-state index is 4.33. The average molecular weight is 231 g/mol. The van der Waals surface area contributed by atoms with Crippen LogP contribution in [0.1, 0.15) is 12.8 Å². The van der Waals surface area contributed by atoms with Crippen molar-refractivity contribution in [3.05, 3.63) is 18.5 Å². The van der Waals surface area contributed by atoms with E-state index in [1.54, 1.807) is 24.1 Å². The van der Waals surface area contributed by atoms with E-state index in [-0.39, 0.29) is 0 Å². The van der Waals surface area contributed by atoms with E-state index in [9.17, 15) is 0 Å². The zero-order chi connectivity index (χ0) is 11.7. The van der Waals surface area contributed by atoms with Crippen LogP contribution in [0.25, 0.3) is 5.95 Å². The molecule has 2 aromatic heterocycles. The molecule has 0 unspecified atom stereocenters. The Labute approximate surface area is 98.3 Å². The van der Waals surface area contributed by atoms with E-state index in [2.05, 4.69) is 30.7 Å². The van der Waals surface area contributed by atoms with Crippen molar-refractivity contribution in [3.63, 3.8) is 0 Å². The van der Waals surface area contributed by atoms with Gasteiger partial charge in [0.05, 0.1) is 0 Å². The van der Waals surface area contributed by atoms with Crippen LogP contribution in [0.15, 0.2) is 18.5 Å². The van der Waals surface area contributed by atoms with Gasteiger partial charge >= 0.3 is 0 Å². The van der Waals surface area contributed by atoms with Crippen molar-refractivity contribution in [2.75, 3.05) is 17.7 Å². The topological polar surface area (TPSA) is 80.5 Å². The molecule has 0 aromatic carbocycles. The Morgan fingerprint density at radius 3 is 2.71 bits per heavy atom. The Bertz CT molecular complexity index is 503. The lowest BCUT2D eigenvalue weighted by atomic mass is 10.7. The number of aromatic nitrogens is 5. The van der Waals surface area contributed by atoms with E-state index >= 15 is 0 Å². The molecular weight excluding hydrogens is 218 g/mol. The zero-order valence-corrected chi connectivity index (χ0v) is 9.46. The van der Waals surface area contributed by atoms with Crippen LogP contribution < -0.4 is 10.6 Å². The molecule has 1 fully saturated rings. The predicted molar refractivity (Wildman–Crippen MR) is 63.1 cm³/mol. The van der Waals surface area contributed by atoms with Gasteiger partial charge in [0.1, 0.15) is 0 Å². The first-order valence-electron chi connectivity index (χ1n) is 5.55. The third kappa shape index (κ3) is 2.17. The molecule has 0 spiro atoms. The van der Waals surface area contributed by atoms with E-state index in [1.165, 1.54) is 12.8 Å². The molecule has 3 rings (SSSR count).